The van der Waals surface area contributed by atoms with Crippen LogP contribution in [0.5, 0.6) is 11.5 Å². The minimum Gasteiger partial charge on any atom is -0.508 e. The van der Waals surface area contributed by atoms with E-state index in [9.17, 15) is 20.1 Å². The summed E-state index contributed by atoms with van der Waals surface area (Å²) >= 11 is 0. The van der Waals surface area contributed by atoms with Crippen molar-refractivity contribution in [2.75, 3.05) is 6.61 Å². The first kappa shape index (κ1) is 19.0. The van der Waals surface area contributed by atoms with Gasteiger partial charge in [0.1, 0.15) is 23.7 Å². The van der Waals surface area contributed by atoms with E-state index in [1.807, 2.05) is 13.0 Å². The van der Waals surface area contributed by atoms with Crippen LogP contribution in [0.3, 0.4) is 0 Å². The van der Waals surface area contributed by atoms with Crippen LogP contribution in [0, 0.1) is 0 Å². The lowest BCUT2D eigenvalue weighted by Crippen LogP contribution is -2.35. The Balaban J connectivity index is 2.01. The molecule has 0 aliphatic carbocycles. The van der Waals surface area contributed by atoms with Crippen LogP contribution >= 0.6 is 0 Å². The van der Waals surface area contributed by atoms with Crippen LogP contribution in [0.25, 0.3) is 11.0 Å². The highest BCUT2D eigenvalue weighted by molar-refractivity contribution is 5.84. The van der Waals surface area contributed by atoms with E-state index in [0.29, 0.717) is 24.0 Å². The van der Waals surface area contributed by atoms with Crippen molar-refractivity contribution in [3.05, 3.63) is 46.3 Å². The van der Waals surface area contributed by atoms with E-state index in [4.69, 9.17) is 9.15 Å². The van der Waals surface area contributed by atoms with E-state index in [2.05, 4.69) is 0 Å². The van der Waals surface area contributed by atoms with Gasteiger partial charge < -0.3 is 24.5 Å². The van der Waals surface area contributed by atoms with Gasteiger partial charge in [-0.2, -0.15) is 0 Å². The highest BCUT2D eigenvalue weighted by Crippen LogP contribution is 2.29. The van der Waals surface area contributed by atoms with Crippen LogP contribution in [0.4, 0.5) is 0 Å². The molecular formula is C19H24O6. The molecule has 0 unspecified atom stereocenters. The maximum absolute atomic E-state index is 11.3. The zero-order valence-electron chi connectivity index (χ0n) is 14.7. The highest BCUT2D eigenvalue weighted by Gasteiger charge is 2.23. The molecule has 6 heteroatoms. The van der Waals surface area contributed by atoms with Crippen molar-refractivity contribution < 1.29 is 24.5 Å². The minimum absolute atomic E-state index is 0.0501. The number of phenolic OH excluding ortho intramolecular Hbond substituents is 1. The Morgan fingerprint density at radius 1 is 1.36 bits per heavy atom. The summed E-state index contributed by atoms with van der Waals surface area (Å²) < 4.78 is 10.7. The van der Waals surface area contributed by atoms with E-state index < -0.39 is 17.3 Å². The minimum atomic E-state index is -1.12. The summed E-state index contributed by atoms with van der Waals surface area (Å²) in [6.45, 7) is 5.33. The van der Waals surface area contributed by atoms with Crippen LogP contribution in [0.15, 0.2) is 45.1 Å². The number of aromatic hydroxyl groups is 1. The third-order valence-corrected chi connectivity index (χ3v) is 3.98. The molecular weight excluding hydrogens is 324 g/mol. The average Bonchev–Trinajstić information content (AvgIpc) is 2.50. The molecule has 0 radical (unpaired) electrons. The molecule has 0 amide bonds. The molecule has 0 saturated carbocycles. The van der Waals surface area contributed by atoms with Gasteiger partial charge in [-0.3, -0.25) is 0 Å². The first-order chi connectivity index (χ1) is 11.7. The van der Waals surface area contributed by atoms with E-state index in [1.54, 1.807) is 19.9 Å². The van der Waals surface area contributed by atoms with Crippen LogP contribution in [-0.4, -0.2) is 33.6 Å². The molecule has 0 aliphatic heterocycles. The fourth-order valence-electron chi connectivity index (χ4n) is 2.34. The molecule has 0 fully saturated rings. The average molecular weight is 348 g/mol. The van der Waals surface area contributed by atoms with Crippen LogP contribution in [-0.2, 0) is 0 Å². The third kappa shape index (κ3) is 5.34. The predicted molar refractivity (Wildman–Crippen MR) is 94.9 cm³/mol. The summed E-state index contributed by atoms with van der Waals surface area (Å²) in [7, 11) is 0. The maximum Gasteiger partial charge on any atom is 0.336 e. The summed E-state index contributed by atoms with van der Waals surface area (Å²) in [5.41, 5.74) is -0.345. The molecule has 25 heavy (non-hydrogen) atoms. The topological polar surface area (TPSA) is 100 Å². The number of aliphatic hydroxyl groups is 2. The van der Waals surface area contributed by atoms with Crippen molar-refractivity contribution in [1.82, 2.24) is 0 Å². The van der Waals surface area contributed by atoms with Gasteiger partial charge in [0.05, 0.1) is 17.1 Å². The molecule has 2 rings (SSSR count). The van der Waals surface area contributed by atoms with E-state index in [1.165, 1.54) is 18.2 Å². The molecule has 1 aromatic carbocycles. The normalized spacial score (nSPS) is 13.9. The standard InChI is InChI=1S/C19H24O6/c1-12(4-6-17(21)19(2,3)23)8-9-24-15-10-13(20)11-16-14(15)5-7-18(22)25-16/h5,7-8,10-11,17,20-21,23H,4,6,9H2,1-3H3/b12-8+/t17-/m1/s1. The van der Waals surface area contributed by atoms with Crippen molar-refractivity contribution in [2.45, 2.75) is 45.3 Å². The predicted octanol–water partition coefficient (Wildman–Crippen LogP) is 2.74. The number of phenols is 1. The van der Waals surface area contributed by atoms with Crippen molar-refractivity contribution in [3.63, 3.8) is 0 Å². The number of aliphatic hydroxyl groups excluding tert-OH is 1. The smallest absolute Gasteiger partial charge is 0.336 e. The lowest BCUT2D eigenvalue weighted by molar-refractivity contribution is -0.0509. The second-order valence-corrected chi connectivity index (χ2v) is 6.68. The van der Waals surface area contributed by atoms with Crippen LogP contribution in [0.2, 0.25) is 0 Å². The summed E-state index contributed by atoms with van der Waals surface area (Å²) in [6.07, 6.45) is 2.15. The SMILES string of the molecule is C/C(=C\COc1cc(O)cc2oc(=O)ccc12)CC[C@@H](O)C(C)(C)O. The van der Waals surface area contributed by atoms with E-state index in [-0.39, 0.29) is 17.9 Å². The number of ether oxygens (including phenoxy) is 1. The zero-order chi connectivity index (χ0) is 18.6. The van der Waals surface area contributed by atoms with Gasteiger partial charge in [-0.25, -0.2) is 4.79 Å². The number of hydrogen-bond acceptors (Lipinski definition) is 6. The molecule has 0 spiro atoms. The largest absolute Gasteiger partial charge is 0.508 e. The zero-order valence-corrected chi connectivity index (χ0v) is 14.7. The molecule has 6 nitrogen and oxygen atoms in total. The van der Waals surface area contributed by atoms with E-state index >= 15 is 0 Å². The molecule has 1 aromatic heterocycles. The van der Waals surface area contributed by atoms with Gasteiger partial charge in [0.15, 0.2) is 0 Å². The monoisotopic (exact) mass is 348 g/mol. The Hall–Kier alpha value is -2.31. The number of rotatable bonds is 7. The Bertz CT molecular complexity index is 813. The molecule has 1 heterocycles. The first-order valence-corrected chi connectivity index (χ1v) is 8.12. The number of fused-ring (bicyclic) bond motifs is 1. The Kier molecular flexibility index (Phi) is 5.87. The second-order valence-electron chi connectivity index (χ2n) is 6.68. The van der Waals surface area contributed by atoms with Gasteiger partial charge in [-0.15, -0.1) is 0 Å². The number of allylic oxidation sites excluding steroid dienone is 1. The van der Waals surface area contributed by atoms with Crippen LogP contribution in [0.1, 0.15) is 33.6 Å². The fourth-order valence-corrected chi connectivity index (χ4v) is 2.34. The van der Waals surface area contributed by atoms with Crippen molar-refractivity contribution in [3.8, 4) is 11.5 Å². The lowest BCUT2D eigenvalue weighted by atomic mass is 9.96. The van der Waals surface area contributed by atoms with Crippen LogP contribution < -0.4 is 10.4 Å². The lowest BCUT2D eigenvalue weighted by Gasteiger charge is -2.24. The van der Waals surface area contributed by atoms with E-state index in [0.717, 1.165) is 5.57 Å². The summed E-state index contributed by atoms with van der Waals surface area (Å²) in [6, 6.07) is 5.71. The summed E-state index contributed by atoms with van der Waals surface area (Å²) in [5.74, 6) is 0.366. The molecule has 1 atom stereocenters. The summed E-state index contributed by atoms with van der Waals surface area (Å²) in [4.78, 5) is 11.3. The van der Waals surface area contributed by atoms with Gasteiger partial charge in [0.25, 0.3) is 0 Å². The Labute approximate surface area is 146 Å². The second kappa shape index (κ2) is 7.72. The van der Waals surface area contributed by atoms with Crippen molar-refractivity contribution in [2.24, 2.45) is 0 Å². The molecule has 0 bridgehead atoms. The highest BCUT2D eigenvalue weighted by atomic mass is 16.5. The van der Waals surface area contributed by atoms with Gasteiger partial charge in [0.2, 0.25) is 0 Å². The van der Waals surface area contributed by atoms with Gasteiger partial charge in [0, 0.05) is 18.2 Å². The number of benzene rings is 1. The number of hydrogen-bond donors (Lipinski definition) is 3. The van der Waals surface area contributed by atoms with Gasteiger partial charge in [-0.1, -0.05) is 5.57 Å². The molecule has 2 aromatic rings. The third-order valence-electron chi connectivity index (χ3n) is 3.98. The Morgan fingerprint density at radius 3 is 2.76 bits per heavy atom. The quantitative estimate of drug-likeness (QED) is 0.525. The Morgan fingerprint density at radius 2 is 2.08 bits per heavy atom. The van der Waals surface area contributed by atoms with Crippen molar-refractivity contribution >= 4 is 11.0 Å². The van der Waals surface area contributed by atoms with Gasteiger partial charge >= 0.3 is 5.63 Å². The molecule has 0 aliphatic rings. The fraction of sp³-hybridized carbons (Fsp3) is 0.421. The summed E-state index contributed by atoms with van der Waals surface area (Å²) in [5, 5.41) is 29.9. The molecule has 136 valence electrons. The molecule has 3 N–H and O–H groups in total. The first-order valence-electron chi connectivity index (χ1n) is 8.12. The maximum atomic E-state index is 11.3. The molecule has 0 saturated heterocycles. The van der Waals surface area contributed by atoms with Gasteiger partial charge in [-0.05, 0) is 45.8 Å². The van der Waals surface area contributed by atoms with Crippen molar-refractivity contribution in [1.29, 1.82) is 0 Å².